The molecule has 3 unspecified atom stereocenters. The first kappa shape index (κ1) is 25.7. The second kappa shape index (κ2) is 10.3. The van der Waals surface area contributed by atoms with Crippen molar-refractivity contribution in [1.29, 1.82) is 0 Å². The Bertz CT molecular complexity index is 1120. The first-order valence-corrected chi connectivity index (χ1v) is 15.6. The summed E-state index contributed by atoms with van der Waals surface area (Å²) in [5.74, 6) is -1.11. The van der Waals surface area contributed by atoms with Gasteiger partial charge < -0.3 is 10.0 Å². The molecule has 2 aromatic heterocycles. The van der Waals surface area contributed by atoms with Gasteiger partial charge in [0.2, 0.25) is 5.91 Å². The molecule has 4 heterocycles. The number of thiophene rings is 1. The van der Waals surface area contributed by atoms with Crippen LogP contribution in [0.3, 0.4) is 0 Å². The zero-order chi connectivity index (χ0) is 24.6. The minimum Gasteiger partial charge on any atom is -0.481 e. The van der Waals surface area contributed by atoms with E-state index in [2.05, 4.69) is 4.98 Å². The number of aryl methyl sites for hydroxylation is 2. The van der Waals surface area contributed by atoms with Crippen molar-refractivity contribution in [3.63, 3.8) is 0 Å². The number of fused-ring (bicyclic) bond motifs is 1. The Labute approximate surface area is 217 Å². The van der Waals surface area contributed by atoms with Crippen molar-refractivity contribution >= 4 is 75.0 Å². The maximum atomic E-state index is 13.1. The predicted octanol–water partition coefficient (Wildman–Crippen LogP) is 3.35. The van der Waals surface area contributed by atoms with E-state index < -0.39 is 39.7 Å². The van der Waals surface area contributed by atoms with Crippen LogP contribution in [-0.2, 0) is 38.2 Å². The zero-order valence-corrected chi connectivity index (χ0v) is 23.0. The van der Waals surface area contributed by atoms with Gasteiger partial charge in [0.25, 0.3) is 5.91 Å². The van der Waals surface area contributed by atoms with Crippen molar-refractivity contribution < 1.29 is 23.7 Å². The summed E-state index contributed by atoms with van der Waals surface area (Å²) in [5, 5.41) is 12.5. The molecule has 4 atom stereocenters. The molecular weight excluding hydrogens is 535 g/mol. The Hall–Kier alpha value is -1.41. The van der Waals surface area contributed by atoms with Crippen LogP contribution in [0.25, 0.3) is 0 Å². The molecule has 0 spiro atoms. The molecule has 8 nitrogen and oxygen atoms in total. The van der Waals surface area contributed by atoms with Crippen LogP contribution in [0.2, 0.25) is 0 Å². The number of amides is 2. The minimum atomic E-state index is -1.78. The van der Waals surface area contributed by atoms with Gasteiger partial charge >= 0.3 is 5.97 Å². The molecule has 2 aliphatic heterocycles. The number of hydrogen-bond acceptors (Lipinski definition) is 9. The number of thiazole rings is 1. The average molecular weight is 560 g/mol. The van der Waals surface area contributed by atoms with E-state index in [-0.39, 0.29) is 12.5 Å². The number of carbonyl (C=O) groups is 3. The van der Waals surface area contributed by atoms with Crippen molar-refractivity contribution in [2.45, 2.75) is 53.4 Å². The standard InChI is InChI=1S/C21H25N3O5S5/c1-4-13-19(33-14(5-2)22-13)32-11-21(20(27)28)9-23-17(26)16(18(23)31-10-21)24(12(3)25)34(29)15-7-6-8-30-15/h6-8,16,18H,4-5,9-11H2,1-3H3,(H,27,28)/t16?,18-,21?,34?/m1/s1. The van der Waals surface area contributed by atoms with Gasteiger partial charge in [0.05, 0.1) is 14.9 Å². The molecule has 0 aromatic carbocycles. The number of hydrogen-bond donors (Lipinski definition) is 1. The normalized spacial score (nSPS) is 24.9. The summed E-state index contributed by atoms with van der Waals surface area (Å²) in [4.78, 5) is 44.0. The third-order valence-corrected chi connectivity index (χ3v) is 12.9. The first-order chi connectivity index (χ1) is 16.2. The highest BCUT2D eigenvalue weighted by molar-refractivity contribution is 8.01. The van der Waals surface area contributed by atoms with Crippen LogP contribution in [0.1, 0.15) is 31.5 Å². The molecule has 0 bridgehead atoms. The van der Waals surface area contributed by atoms with E-state index in [1.807, 2.05) is 13.8 Å². The largest absolute Gasteiger partial charge is 0.481 e. The molecule has 4 rings (SSSR count). The second-order valence-corrected chi connectivity index (χ2v) is 14.0. The number of thioether (sulfide) groups is 2. The minimum absolute atomic E-state index is 0.0701. The molecule has 0 aliphatic carbocycles. The highest BCUT2D eigenvalue weighted by Crippen LogP contribution is 2.47. The van der Waals surface area contributed by atoms with Crippen molar-refractivity contribution in [1.82, 2.24) is 14.2 Å². The lowest BCUT2D eigenvalue weighted by Crippen LogP contribution is -2.74. The third-order valence-electron chi connectivity index (χ3n) is 5.80. The predicted molar refractivity (Wildman–Crippen MR) is 137 cm³/mol. The fraction of sp³-hybridized carbons (Fsp3) is 0.524. The van der Waals surface area contributed by atoms with Crippen molar-refractivity contribution in [2.24, 2.45) is 5.41 Å². The molecule has 2 aliphatic rings. The molecule has 2 aromatic rings. The van der Waals surface area contributed by atoms with Crippen LogP contribution in [0.5, 0.6) is 0 Å². The van der Waals surface area contributed by atoms with Gasteiger partial charge in [-0.25, -0.2) is 13.5 Å². The van der Waals surface area contributed by atoms with Gasteiger partial charge in [0.15, 0.2) is 17.0 Å². The summed E-state index contributed by atoms with van der Waals surface area (Å²) in [5.41, 5.74) is -0.121. The monoisotopic (exact) mass is 559 g/mol. The molecular formula is C21H25N3O5S5. The smallest absolute Gasteiger partial charge is 0.313 e. The highest BCUT2D eigenvalue weighted by atomic mass is 32.2. The van der Waals surface area contributed by atoms with E-state index in [1.165, 1.54) is 46.7 Å². The Balaban J connectivity index is 1.50. The van der Waals surface area contributed by atoms with Crippen LogP contribution in [0, 0.1) is 5.41 Å². The summed E-state index contributed by atoms with van der Waals surface area (Å²) < 4.78 is 15.7. The fourth-order valence-electron chi connectivity index (χ4n) is 3.92. The van der Waals surface area contributed by atoms with Gasteiger partial charge in [0.1, 0.15) is 15.0 Å². The van der Waals surface area contributed by atoms with Gasteiger partial charge in [-0.15, -0.1) is 46.2 Å². The summed E-state index contributed by atoms with van der Waals surface area (Å²) in [6.45, 7) is 5.45. The van der Waals surface area contributed by atoms with E-state index >= 15 is 0 Å². The highest BCUT2D eigenvalue weighted by Gasteiger charge is 2.60. The lowest BCUT2D eigenvalue weighted by molar-refractivity contribution is -0.161. The first-order valence-electron chi connectivity index (χ1n) is 10.7. The van der Waals surface area contributed by atoms with Crippen molar-refractivity contribution in [3.8, 4) is 0 Å². The van der Waals surface area contributed by atoms with Gasteiger partial charge in [-0.3, -0.25) is 14.4 Å². The van der Waals surface area contributed by atoms with E-state index in [1.54, 1.807) is 28.8 Å². The van der Waals surface area contributed by atoms with Crippen LogP contribution in [-0.4, -0.2) is 70.8 Å². The van der Waals surface area contributed by atoms with Crippen LogP contribution >= 0.6 is 46.2 Å². The molecule has 2 amide bonds. The van der Waals surface area contributed by atoms with Crippen LogP contribution < -0.4 is 0 Å². The zero-order valence-electron chi connectivity index (χ0n) is 18.9. The number of nitrogens with zero attached hydrogens (tertiary/aromatic N) is 3. The van der Waals surface area contributed by atoms with E-state index in [9.17, 15) is 23.7 Å². The number of rotatable bonds is 9. The summed E-state index contributed by atoms with van der Waals surface area (Å²) in [7, 11) is -1.78. The molecule has 13 heteroatoms. The maximum absolute atomic E-state index is 13.1. The number of aromatic nitrogens is 1. The Morgan fingerprint density at radius 3 is 2.74 bits per heavy atom. The molecule has 1 N–H and O–H groups in total. The van der Waals surface area contributed by atoms with Gasteiger partial charge in [-0.2, -0.15) is 0 Å². The molecule has 184 valence electrons. The molecule has 34 heavy (non-hydrogen) atoms. The van der Waals surface area contributed by atoms with Crippen LogP contribution in [0.15, 0.2) is 25.9 Å². The summed E-state index contributed by atoms with van der Waals surface area (Å²) in [6, 6.07) is 2.56. The number of aliphatic carboxylic acids is 1. The SMILES string of the molecule is CCc1nc(CC)c(SCC2(C(=O)O)CS[C@@H]3C(N(C(C)=O)S(=O)c4cccs4)C(=O)N3C2)s1. The van der Waals surface area contributed by atoms with Crippen molar-refractivity contribution in [2.75, 3.05) is 18.1 Å². The molecule has 0 saturated carbocycles. The molecule has 2 fully saturated rings. The number of carboxylic acids is 1. The number of carbonyl (C=O) groups excluding carboxylic acids is 2. The Morgan fingerprint density at radius 2 is 2.15 bits per heavy atom. The Kier molecular flexibility index (Phi) is 7.77. The van der Waals surface area contributed by atoms with E-state index in [0.29, 0.717) is 15.7 Å². The average Bonchev–Trinajstić information content (AvgIpc) is 3.50. The maximum Gasteiger partial charge on any atom is 0.313 e. The number of β-lactam (4-membered cyclic amide) rings is 1. The third kappa shape index (κ3) is 4.57. The van der Waals surface area contributed by atoms with Crippen LogP contribution in [0.4, 0.5) is 0 Å². The fourth-order valence-corrected chi connectivity index (χ4v) is 10.5. The van der Waals surface area contributed by atoms with E-state index in [0.717, 1.165) is 32.1 Å². The van der Waals surface area contributed by atoms with E-state index in [4.69, 9.17) is 0 Å². The molecule has 2 saturated heterocycles. The van der Waals surface area contributed by atoms with Crippen molar-refractivity contribution in [3.05, 3.63) is 28.2 Å². The Morgan fingerprint density at radius 1 is 1.38 bits per heavy atom. The lowest BCUT2D eigenvalue weighted by Gasteiger charge is -2.55. The molecule has 0 radical (unpaired) electrons. The summed E-state index contributed by atoms with van der Waals surface area (Å²) >= 11 is 5.71. The summed E-state index contributed by atoms with van der Waals surface area (Å²) in [6.07, 6.45) is 1.62. The topological polar surface area (TPSA) is 108 Å². The second-order valence-electron chi connectivity index (χ2n) is 8.06. The van der Waals surface area contributed by atoms with Gasteiger partial charge in [-0.1, -0.05) is 19.9 Å². The number of carboxylic acid groups (broad SMARTS) is 1. The van der Waals surface area contributed by atoms with Gasteiger partial charge in [0, 0.05) is 25.0 Å². The van der Waals surface area contributed by atoms with Gasteiger partial charge in [-0.05, 0) is 24.3 Å². The lowest BCUT2D eigenvalue weighted by atomic mass is 9.89. The quantitative estimate of drug-likeness (QED) is 0.368.